The maximum Gasteiger partial charge on any atom is 0.284 e. The van der Waals surface area contributed by atoms with Crippen LogP contribution in [0.1, 0.15) is 44.8 Å². The third kappa shape index (κ3) is 3.66. The summed E-state index contributed by atoms with van der Waals surface area (Å²) < 4.78 is 29.3. The molecule has 2 aliphatic rings. The summed E-state index contributed by atoms with van der Waals surface area (Å²) in [6, 6.07) is 4.59. The minimum Gasteiger partial charge on any atom is -0.322 e. The van der Waals surface area contributed by atoms with E-state index in [1.807, 2.05) is 13.0 Å². The molecule has 2 aromatic rings. The standard InChI is InChI=1S/C22H20F2N4OS/c1-11-7-13(19-15(23)4-3-12(2)20(19)24)14(9-25)17(8-11)27-21(29)22-28-16-5-6-26-10-18(16)30-22/h3-4,7,11,26H,5-6,8,10H2,1-2H3,(H,27,29). The molecule has 0 bridgehead atoms. The van der Waals surface area contributed by atoms with Crippen molar-refractivity contribution in [3.63, 3.8) is 0 Å². The summed E-state index contributed by atoms with van der Waals surface area (Å²) in [6.45, 7) is 4.92. The summed E-state index contributed by atoms with van der Waals surface area (Å²) in [5.74, 6) is -1.96. The minimum absolute atomic E-state index is 0.0767. The van der Waals surface area contributed by atoms with E-state index >= 15 is 0 Å². The van der Waals surface area contributed by atoms with Crippen LogP contribution in [0.2, 0.25) is 0 Å². The van der Waals surface area contributed by atoms with Crippen LogP contribution in [0.15, 0.2) is 29.5 Å². The van der Waals surface area contributed by atoms with E-state index in [4.69, 9.17) is 0 Å². The Kier molecular flexibility index (Phi) is 5.50. The Morgan fingerprint density at radius 1 is 1.40 bits per heavy atom. The number of aromatic nitrogens is 1. The Morgan fingerprint density at radius 2 is 2.20 bits per heavy atom. The molecule has 0 radical (unpaired) electrons. The van der Waals surface area contributed by atoms with Gasteiger partial charge in [0.05, 0.1) is 16.8 Å². The Morgan fingerprint density at radius 3 is 2.93 bits per heavy atom. The van der Waals surface area contributed by atoms with Crippen molar-refractivity contribution in [1.82, 2.24) is 15.6 Å². The van der Waals surface area contributed by atoms with Crippen molar-refractivity contribution in [3.8, 4) is 6.07 Å². The first-order chi connectivity index (χ1) is 14.4. The summed E-state index contributed by atoms with van der Waals surface area (Å²) in [6.07, 6.45) is 2.84. The number of nitriles is 1. The summed E-state index contributed by atoms with van der Waals surface area (Å²) in [5, 5.41) is 16.1. The van der Waals surface area contributed by atoms with E-state index in [1.54, 1.807) is 13.0 Å². The molecule has 2 N–H and O–H groups in total. The molecule has 2 heterocycles. The number of benzene rings is 1. The molecule has 0 fully saturated rings. The summed E-state index contributed by atoms with van der Waals surface area (Å²) in [4.78, 5) is 18.3. The molecule has 1 unspecified atom stereocenters. The molecule has 5 nitrogen and oxygen atoms in total. The smallest absolute Gasteiger partial charge is 0.284 e. The van der Waals surface area contributed by atoms with Crippen LogP contribution in [0.4, 0.5) is 8.78 Å². The number of nitrogens with one attached hydrogen (secondary N) is 2. The van der Waals surface area contributed by atoms with Gasteiger partial charge in [-0.15, -0.1) is 11.3 Å². The Bertz CT molecular complexity index is 1120. The highest BCUT2D eigenvalue weighted by Crippen LogP contribution is 2.37. The lowest BCUT2D eigenvalue weighted by Gasteiger charge is -2.23. The maximum atomic E-state index is 14.8. The van der Waals surface area contributed by atoms with Crippen LogP contribution in [-0.4, -0.2) is 17.4 Å². The number of thiazole rings is 1. The summed E-state index contributed by atoms with van der Waals surface area (Å²) in [7, 11) is 0. The number of carbonyl (C=O) groups excluding carboxylic acids is 1. The van der Waals surface area contributed by atoms with Crippen LogP contribution in [-0.2, 0) is 13.0 Å². The predicted molar refractivity (Wildman–Crippen MR) is 110 cm³/mol. The molecule has 1 atom stereocenters. The topological polar surface area (TPSA) is 77.8 Å². The number of allylic oxidation sites excluding steroid dienone is 4. The molecule has 1 aromatic carbocycles. The van der Waals surface area contributed by atoms with Crippen LogP contribution >= 0.6 is 11.3 Å². The maximum absolute atomic E-state index is 14.8. The van der Waals surface area contributed by atoms with Gasteiger partial charge in [-0.05, 0) is 30.9 Å². The first-order valence-electron chi connectivity index (χ1n) is 9.70. The van der Waals surface area contributed by atoms with Gasteiger partial charge in [-0.25, -0.2) is 13.8 Å². The first kappa shape index (κ1) is 20.4. The van der Waals surface area contributed by atoms with E-state index in [0.29, 0.717) is 23.7 Å². The van der Waals surface area contributed by atoms with Gasteiger partial charge in [0.2, 0.25) is 0 Å². The largest absolute Gasteiger partial charge is 0.322 e. The molecule has 1 aliphatic heterocycles. The van der Waals surface area contributed by atoms with Gasteiger partial charge in [-0.3, -0.25) is 4.79 Å². The number of aryl methyl sites for hydroxylation is 1. The highest BCUT2D eigenvalue weighted by Gasteiger charge is 2.28. The van der Waals surface area contributed by atoms with Gasteiger partial charge in [0, 0.05) is 35.7 Å². The van der Waals surface area contributed by atoms with Crippen LogP contribution in [0.5, 0.6) is 0 Å². The van der Waals surface area contributed by atoms with E-state index in [-0.39, 0.29) is 28.2 Å². The number of halogens is 2. The van der Waals surface area contributed by atoms with Crippen LogP contribution < -0.4 is 10.6 Å². The van der Waals surface area contributed by atoms with Crippen molar-refractivity contribution in [3.05, 3.63) is 67.8 Å². The van der Waals surface area contributed by atoms with Crippen molar-refractivity contribution in [2.45, 2.75) is 33.2 Å². The lowest BCUT2D eigenvalue weighted by molar-refractivity contribution is 0.0963. The molecule has 4 rings (SSSR count). The fourth-order valence-electron chi connectivity index (χ4n) is 3.78. The second kappa shape index (κ2) is 8.09. The average Bonchev–Trinajstić information content (AvgIpc) is 3.15. The molecular formula is C22H20F2N4OS. The molecule has 1 aliphatic carbocycles. The van der Waals surface area contributed by atoms with Crippen LogP contribution in [0.25, 0.3) is 5.57 Å². The van der Waals surface area contributed by atoms with E-state index in [1.165, 1.54) is 23.5 Å². The highest BCUT2D eigenvalue weighted by atomic mass is 32.1. The molecule has 1 amide bonds. The van der Waals surface area contributed by atoms with Crippen molar-refractivity contribution in [2.75, 3.05) is 6.54 Å². The average molecular weight is 426 g/mol. The molecule has 0 saturated heterocycles. The molecular weight excluding hydrogens is 406 g/mol. The van der Waals surface area contributed by atoms with Crippen molar-refractivity contribution in [1.29, 1.82) is 5.26 Å². The quantitative estimate of drug-likeness (QED) is 0.778. The molecule has 30 heavy (non-hydrogen) atoms. The van der Waals surface area contributed by atoms with Gasteiger partial charge < -0.3 is 10.6 Å². The number of hydrogen-bond acceptors (Lipinski definition) is 5. The van der Waals surface area contributed by atoms with Crippen LogP contribution in [0, 0.1) is 35.8 Å². The van der Waals surface area contributed by atoms with Gasteiger partial charge in [-0.1, -0.05) is 19.1 Å². The second-order valence-electron chi connectivity index (χ2n) is 7.55. The zero-order chi connectivity index (χ0) is 21.4. The Balaban J connectivity index is 1.71. The van der Waals surface area contributed by atoms with E-state index in [9.17, 15) is 18.8 Å². The molecule has 0 spiro atoms. The monoisotopic (exact) mass is 426 g/mol. The van der Waals surface area contributed by atoms with Gasteiger partial charge in [-0.2, -0.15) is 5.26 Å². The first-order valence-corrected chi connectivity index (χ1v) is 10.5. The van der Waals surface area contributed by atoms with Gasteiger partial charge in [0.25, 0.3) is 5.91 Å². The zero-order valence-corrected chi connectivity index (χ0v) is 17.4. The Hall–Kier alpha value is -2.89. The minimum atomic E-state index is -0.739. The number of rotatable bonds is 3. The molecule has 0 saturated carbocycles. The summed E-state index contributed by atoms with van der Waals surface area (Å²) >= 11 is 1.32. The molecule has 154 valence electrons. The fourth-order valence-corrected chi connectivity index (χ4v) is 4.75. The normalized spacial score (nSPS) is 18.5. The lowest BCUT2D eigenvalue weighted by atomic mass is 9.85. The summed E-state index contributed by atoms with van der Waals surface area (Å²) in [5.41, 5.74) is 1.58. The molecule has 8 heteroatoms. The lowest BCUT2D eigenvalue weighted by Crippen LogP contribution is -2.27. The zero-order valence-electron chi connectivity index (χ0n) is 16.6. The van der Waals surface area contributed by atoms with Gasteiger partial charge in [0.15, 0.2) is 5.01 Å². The predicted octanol–water partition coefficient (Wildman–Crippen LogP) is 4.01. The van der Waals surface area contributed by atoms with Crippen molar-refractivity contribution < 1.29 is 13.6 Å². The number of fused-ring (bicyclic) bond motifs is 1. The van der Waals surface area contributed by atoms with Crippen molar-refractivity contribution in [2.24, 2.45) is 5.92 Å². The second-order valence-corrected chi connectivity index (χ2v) is 8.63. The van der Waals surface area contributed by atoms with E-state index in [0.717, 1.165) is 23.5 Å². The Labute approximate surface area is 177 Å². The van der Waals surface area contributed by atoms with Crippen LogP contribution in [0.3, 0.4) is 0 Å². The fraction of sp³-hybridized carbons (Fsp3) is 0.318. The van der Waals surface area contributed by atoms with E-state index < -0.39 is 17.5 Å². The van der Waals surface area contributed by atoms with E-state index in [2.05, 4.69) is 15.6 Å². The number of carbonyl (C=O) groups is 1. The number of hydrogen-bond donors (Lipinski definition) is 2. The number of nitrogens with zero attached hydrogens (tertiary/aromatic N) is 2. The van der Waals surface area contributed by atoms with Crippen molar-refractivity contribution >= 4 is 22.8 Å². The SMILES string of the molecule is Cc1ccc(F)c(C2=CC(C)CC(NC(=O)c3nc4c(s3)CNCC4)=C2C#N)c1F. The highest BCUT2D eigenvalue weighted by molar-refractivity contribution is 7.13. The third-order valence-electron chi connectivity index (χ3n) is 5.27. The number of amides is 1. The van der Waals surface area contributed by atoms with Gasteiger partial charge >= 0.3 is 0 Å². The van der Waals surface area contributed by atoms with Gasteiger partial charge in [0.1, 0.15) is 17.7 Å². The molecule has 1 aromatic heterocycles. The third-order valence-corrected chi connectivity index (χ3v) is 6.37.